The van der Waals surface area contributed by atoms with Gasteiger partial charge in [-0.15, -0.1) is 0 Å². The van der Waals surface area contributed by atoms with E-state index in [0.717, 1.165) is 6.54 Å². The predicted octanol–water partition coefficient (Wildman–Crippen LogP) is 3.60. The highest BCUT2D eigenvalue weighted by Crippen LogP contribution is 2.17. The second kappa shape index (κ2) is 5.58. The van der Waals surface area contributed by atoms with Crippen LogP contribution in [-0.2, 0) is 19.4 Å². The Morgan fingerprint density at radius 2 is 1.42 bits per heavy atom. The van der Waals surface area contributed by atoms with E-state index in [1.807, 2.05) is 0 Å². The van der Waals surface area contributed by atoms with Crippen molar-refractivity contribution in [3.8, 4) is 0 Å². The molecule has 98 valence electrons. The fraction of sp³-hybridized carbons (Fsp3) is 0.333. The average Bonchev–Trinajstić information content (AvgIpc) is 2.64. The topological polar surface area (TPSA) is 3.24 Å². The lowest BCUT2D eigenvalue weighted by molar-refractivity contribution is 0.279. The van der Waals surface area contributed by atoms with E-state index < -0.39 is 0 Å². The molecule has 0 N–H and O–H groups in total. The summed E-state index contributed by atoms with van der Waals surface area (Å²) in [5, 5.41) is 0. The van der Waals surface area contributed by atoms with Crippen LogP contribution in [0.5, 0.6) is 0 Å². The van der Waals surface area contributed by atoms with Crippen molar-refractivity contribution in [1.29, 1.82) is 0 Å². The van der Waals surface area contributed by atoms with Crippen LogP contribution in [-0.4, -0.2) is 18.0 Å². The number of hydrogen-bond acceptors (Lipinski definition) is 1. The summed E-state index contributed by atoms with van der Waals surface area (Å²) in [4.78, 5) is 2.57. The van der Waals surface area contributed by atoms with Crippen LogP contribution in [0, 0.1) is 6.92 Å². The molecule has 0 radical (unpaired) electrons. The maximum absolute atomic E-state index is 2.57. The first kappa shape index (κ1) is 12.4. The van der Waals surface area contributed by atoms with Gasteiger partial charge in [0.05, 0.1) is 0 Å². The molecule has 0 bridgehead atoms. The highest BCUT2D eigenvalue weighted by Gasteiger charge is 2.13. The maximum atomic E-state index is 2.57. The minimum atomic E-state index is 1.08. The Morgan fingerprint density at radius 1 is 0.842 bits per heavy atom. The van der Waals surface area contributed by atoms with Gasteiger partial charge in [0.25, 0.3) is 0 Å². The third kappa shape index (κ3) is 3.05. The quantitative estimate of drug-likeness (QED) is 0.788. The van der Waals surface area contributed by atoms with Gasteiger partial charge >= 0.3 is 0 Å². The van der Waals surface area contributed by atoms with Crippen molar-refractivity contribution in [2.75, 3.05) is 13.1 Å². The largest absolute Gasteiger partial charge is 0.298 e. The molecule has 3 rings (SSSR count). The van der Waals surface area contributed by atoms with Crippen LogP contribution >= 0.6 is 0 Å². The second-order valence-electron chi connectivity index (χ2n) is 5.53. The molecule has 0 fully saturated rings. The van der Waals surface area contributed by atoms with E-state index in [1.54, 1.807) is 0 Å². The Balaban J connectivity index is 1.67. The van der Waals surface area contributed by atoms with E-state index in [0.29, 0.717) is 0 Å². The van der Waals surface area contributed by atoms with Crippen LogP contribution in [0.4, 0.5) is 0 Å². The van der Waals surface area contributed by atoms with E-state index >= 15 is 0 Å². The first-order chi connectivity index (χ1) is 9.31. The van der Waals surface area contributed by atoms with Crippen molar-refractivity contribution in [3.63, 3.8) is 0 Å². The van der Waals surface area contributed by atoms with Gasteiger partial charge in [-0.1, -0.05) is 54.1 Å². The molecule has 2 aromatic carbocycles. The fourth-order valence-corrected chi connectivity index (χ4v) is 2.82. The zero-order valence-corrected chi connectivity index (χ0v) is 11.6. The number of hydrogen-bond donors (Lipinski definition) is 0. The van der Waals surface area contributed by atoms with E-state index in [1.165, 1.54) is 48.2 Å². The van der Waals surface area contributed by atoms with Gasteiger partial charge in [-0.2, -0.15) is 0 Å². The van der Waals surface area contributed by atoms with Gasteiger partial charge in [-0.25, -0.2) is 0 Å². The molecule has 0 aliphatic carbocycles. The Bertz CT molecular complexity index is 515. The summed E-state index contributed by atoms with van der Waals surface area (Å²) in [6, 6.07) is 17.8. The van der Waals surface area contributed by atoms with Crippen molar-refractivity contribution >= 4 is 0 Å². The molecule has 1 nitrogen and oxygen atoms in total. The van der Waals surface area contributed by atoms with Crippen molar-refractivity contribution < 1.29 is 0 Å². The Hall–Kier alpha value is -1.60. The van der Waals surface area contributed by atoms with Gasteiger partial charge in [-0.3, -0.25) is 4.90 Å². The van der Waals surface area contributed by atoms with Crippen molar-refractivity contribution in [2.24, 2.45) is 0 Å². The van der Waals surface area contributed by atoms with Crippen LogP contribution in [0.25, 0.3) is 0 Å². The first-order valence-corrected chi connectivity index (χ1v) is 7.16. The number of benzene rings is 2. The van der Waals surface area contributed by atoms with E-state index in [4.69, 9.17) is 0 Å². The van der Waals surface area contributed by atoms with Gasteiger partial charge in [-0.05, 0) is 36.5 Å². The third-order valence-electron chi connectivity index (χ3n) is 4.04. The van der Waals surface area contributed by atoms with Crippen molar-refractivity contribution in [3.05, 3.63) is 70.8 Å². The van der Waals surface area contributed by atoms with Gasteiger partial charge in [0.2, 0.25) is 0 Å². The molecule has 0 spiro atoms. The van der Waals surface area contributed by atoms with Crippen LogP contribution in [0.15, 0.2) is 48.5 Å². The number of fused-ring (bicyclic) bond motifs is 1. The van der Waals surface area contributed by atoms with Crippen LogP contribution in [0.2, 0.25) is 0 Å². The van der Waals surface area contributed by atoms with Gasteiger partial charge in [0, 0.05) is 19.6 Å². The van der Waals surface area contributed by atoms with Gasteiger partial charge in [0.15, 0.2) is 0 Å². The Labute approximate surface area is 115 Å². The molecule has 1 aliphatic rings. The van der Waals surface area contributed by atoms with E-state index in [2.05, 4.69) is 60.4 Å². The lowest BCUT2D eigenvalue weighted by Crippen LogP contribution is -2.25. The molecule has 0 saturated heterocycles. The molecule has 19 heavy (non-hydrogen) atoms. The molecule has 0 saturated carbocycles. The molecular formula is C18H21N. The molecule has 1 aliphatic heterocycles. The van der Waals surface area contributed by atoms with Crippen molar-refractivity contribution in [1.82, 2.24) is 4.90 Å². The van der Waals surface area contributed by atoms with E-state index in [-0.39, 0.29) is 0 Å². The Morgan fingerprint density at radius 3 is 2.00 bits per heavy atom. The van der Waals surface area contributed by atoms with Crippen LogP contribution in [0.3, 0.4) is 0 Å². The number of nitrogens with zero attached hydrogens (tertiary/aromatic N) is 1. The second-order valence-corrected chi connectivity index (χ2v) is 5.53. The summed E-state index contributed by atoms with van der Waals surface area (Å²) in [7, 11) is 0. The number of rotatable bonds is 2. The smallest absolute Gasteiger partial charge is 0.0233 e. The Kier molecular flexibility index (Phi) is 3.65. The summed E-state index contributed by atoms with van der Waals surface area (Å²) in [6.45, 7) is 5.57. The number of aryl methyl sites for hydroxylation is 1. The normalized spacial score (nSPS) is 15.8. The fourth-order valence-electron chi connectivity index (χ4n) is 2.82. The standard InChI is InChI=1S/C18H21N/c1-15-6-8-16(9-7-15)14-19-12-10-17-4-2-3-5-18(17)11-13-19/h2-9H,10-14H2,1H3. The summed E-state index contributed by atoms with van der Waals surface area (Å²) in [6.07, 6.45) is 2.37. The third-order valence-corrected chi connectivity index (χ3v) is 4.04. The summed E-state index contributed by atoms with van der Waals surface area (Å²) >= 11 is 0. The molecule has 0 aromatic heterocycles. The van der Waals surface area contributed by atoms with Crippen LogP contribution in [0.1, 0.15) is 22.3 Å². The minimum Gasteiger partial charge on any atom is -0.298 e. The maximum Gasteiger partial charge on any atom is 0.0233 e. The molecule has 0 atom stereocenters. The molecule has 1 heteroatoms. The zero-order valence-electron chi connectivity index (χ0n) is 11.6. The molecule has 2 aromatic rings. The summed E-state index contributed by atoms with van der Waals surface area (Å²) < 4.78 is 0. The average molecular weight is 251 g/mol. The zero-order chi connectivity index (χ0) is 13.1. The highest BCUT2D eigenvalue weighted by atomic mass is 15.1. The highest BCUT2D eigenvalue weighted by molar-refractivity contribution is 5.29. The summed E-state index contributed by atoms with van der Waals surface area (Å²) in [5.41, 5.74) is 5.84. The van der Waals surface area contributed by atoms with Gasteiger partial charge < -0.3 is 0 Å². The molecular weight excluding hydrogens is 230 g/mol. The van der Waals surface area contributed by atoms with Gasteiger partial charge in [0.1, 0.15) is 0 Å². The lowest BCUT2D eigenvalue weighted by atomic mass is 10.0. The van der Waals surface area contributed by atoms with E-state index in [9.17, 15) is 0 Å². The van der Waals surface area contributed by atoms with Crippen LogP contribution < -0.4 is 0 Å². The van der Waals surface area contributed by atoms with Crippen molar-refractivity contribution in [2.45, 2.75) is 26.3 Å². The summed E-state index contributed by atoms with van der Waals surface area (Å²) in [5.74, 6) is 0. The monoisotopic (exact) mass is 251 g/mol. The first-order valence-electron chi connectivity index (χ1n) is 7.16. The SMILES string of the molecule is Cc1ccc(CN2CCc3ccccc3CC2)cc1. The molecule has 0 unspecified atom stereocenters. The molecule has 1 heterocycles. The minimum absolute atomic E-state index is 1.08. The molecule has 0 amide bonds. The predicted molar refractivity (Wildman–Crippen MR) is 80.3 cm³/mol. The lowest BCUT2D eigenvalue weighted by Gasteiger charge is -2.19.